The molecule has 2 aromatic rings. The molecular weight excluding hydrogens is 296 g/mol. The van der Waals surface area contributed by atoms with Crippen LogP contribution in [0.1, 0.15) is 23.0 Å². The molecule has 0 unspecified atom stereocenters. The standard InChI is InChI=1S/C12H14N4O4S/c1-3-20-12(17)10-7-14-15-11(10)21(18,19)16-9-5-4-8(2)13-6-9/h4-7,16H,3H2,1-2H3,(H,14,15). The Morgan fingerprint density at radius 3 is 2.76 bits per heavy atom. The molecule has 8 nitrogen and oxygen atoms in total. The number of rotatable bonds is 5. The molecule has 2 N–H and O–H groups in total. The number of pyridine rings is 1. The molecular formula is C12H14N4O4S. The van der Waals surface area contributed by atoms with Crippen molar-refractivity contribution >= 4 is 21.7 Å². The SMILES string of the molecule is CCOC(=O)c1cn[nH]c1S(=O)(=O)Nc1ccc(C)nc1. The number of nitrogens with one attached hydrogen (secondary N) is 2. The number of H-pyrrole nitrogens is 1. The van der Waals surface area contributed by atoms with Crippen LogP contribution in [0.4, 0.5) is 5.69 Å². The Labute approximate surface area is 121 Å². The monoisotopic (exact) mass is 310 g/mol. The Morgan fingerprint density at radius 2 is 2.14 bits per heavy atom. The van der Waals surface area contributed by atoms with Crippen LogP contribution in [0.5, 0.6) is 0 Å². The number of aromatic nitrogens is 3. The second-order valence-corrected chi connectivity index (χ2v) is 5.75. The number of carbonyl (C=O) groups excluding carboxylic acids is 1. The first kappa shape index (κ1) is 15.0. The van der Waals surface area contributed by atoms with Crippen LogP contribution in [-0.2, 0) is 14.8 Å². The lowest BCUT2D eigenvalue weighted by molar-refractivity contribution is 0.0522. The van der Waals surface area contributed by atoms with Gasteiger partial charge in [0, 0.05) is 5.69 Å². The fourth-order valence-corrected chi connectivity index (χ4v) is 2.70. The molecule has 9 heteroatoms. The molecule has 0 aliphatic heterocycles. The van der Waals surface area contributed by atoms with Gasteiger partial charge in [-0.25, -0.2) is 4.79 Å². The largest absolute Gasteiger partial charge is 0.462 e. The van der Waals surface area contributed by atoms with E-state index < -0.39 is 16.0 Å². The number of carbonyl (C=O) groups is 1. The number of hydrogen-bond donors (Lipinski definition) is 2. The molecule has 112 valence electrons. The fourth-order valence-electron chi connectivity index (χ4n) is 1.57. The van der Waals surface area contributed by atoms with Crippen LogP contribution >= 0.6 is 0 Å². The highest BCUT2D eigenvalue weighted by Gasteiger charge is 2.26. The molecule has 0 saturated heterocycles. The molecule has 0 spiro atoms. The van der Waals surface area contributed by atoms with E-state index in [1.807, 2.05) is 0 Å². The van der Waals surface area contributed by atoms with Crippen molar-refractivity contribution in [2.75, 3.05) is 11.3 Å². The van der Waals surface area contributed by atoms with E-state index in [1.165, 1.54) is 6.20 Å². The minimum atomic E-state index is -3.99. The van der Waals surface area contributed by atoms with E-state index >= 15 is 0 Å². The van der Waals surface area contributed by atoms with Gasteiger partial charge in [-0.2, -0.15) is 13.5 Å². The second-order valence-electron chi connectivity index (χ2n) is 4.13. The highest BCUT2D eigenvalue weighted by Crippen LogP contribution is 2.17. The topological polar surface area (TPSA) is 114 Å². The van der Waals surface area contributed by atoms with Crippen LogP contribution in [0.25, 0.3) is 0 Å². The number of esters is 1. The first-order valence-electron chi connectivity index (χ1n) is 6.10. The van der Waals surface area contributed by atoms with Gasteiger partial charge in [-0.15, -0.1) is 0 Å². The lowest BCUT2D eigenvalue weighted by Crippen LogP contribution is -2.17. The highest BCUT2D eigenvalue weighted by atomic mass is 32.2. The summed E-state index contributed by atoms with van der Waals surface area (Å²) in [5, 5.41) is 5.54. The van der Waals surface area contributed by atoms with Gasteiger partial charge in [0.2, 0.25) is 0 Å². The van der Waals surface area contributed by atoms with Crippen molar-refractivity contribution in [2.45, 2.75) is 18.9 Å². The molecule has 0 aliphatic rings. The van der Waals surface area contributed by atoms with Gasteiger partial charge in [0.15, 0.2) is 5.03 Å². The molecule has 0 fully saturated rings. The van der Waals surface area contributed by atoms with Crippen LogP contribution < -0.4 is 4.72 Å². The number of hydrogen-bond acceptors (Lipinski definition) is 6. The van der Waals surface area contributed by atoms with Crippen LogP contribution in [0.3, 0.4) is 0 Å². The second kappa shape index (κ2) is 5.92. The summed E-state index contributed by atoms with van der Waals surface area (Å²) in [4.78, 5) is 15.7. The maximum absolute atomic E-state index is 12.3. The summed E-state index contributed by atoms with van der Waals surface area (Å²) in [5.74, 6) is -0.756. The van der Waals surface area contributed by atoms with Gasteiger partial charge in [0.25, 0.3) is 10.0 Å². The summed E-state index contributed by atoms with van der Waals surface area (Å²) in [6.45, 7) is 3.55. The predicted octanol–water partition coefficient (Wildman–Crippen LogP) is 1.09. The van der Waals surface area contributed by atoms with E-state index in [4.69, 9.17) is 4.74 Å². The zero-order chi connectivity index (χ0) is 15.5. The Bertz CT molecular complexity index is 737. The zero-order valence-electron chi connectivity index (χ0n) is 11.5. The first-order valence-corrected chi connectivity index (χ1v) is 7.58. The summed E-state index contributed by atoms with van der Waals surface area (Å²) < 4.78 is 31.6. The van der Waals surface area contributed by atoms with Crippen molar-refractivity contribution in [3.8, 4) is 0 Å². The third-order valence-corrected chi connectivity index (χ3v) is 3.89. The lowest BCUT2D eigenvalue weighted by Gasteiger charge is -2.07. The van der Waals surface area contributed by atoms with Crippen molar-refractivity contribution in [3.05, 3.63) is 35.8 Å². The molecule has 0 bridgehead atoms. The Kier molecular flexibility index (Phi) is 4.22. The molecule has 0 atom stereocenters. The number of aromatic amines is 1. The predicted molar refractivity (Wildman–Crippen MR) is 74.3 cm³/mol. The van der Waals surface area contributed by atoms with Crippen LogP contribution in [-0.4, -0.2) is 36.2 Å². The molecule has 0 aromatic carbocycles. The summed E-state index contributed by atoms with van der Waals surface area (Å²) in [6, 6.07) is 3.23. The molecule has 2 heterocycles. The van der Waals surface area contributed by atoms with Crippen molar-refractivity contribution in [2.24, 2.45) is 0 Å². The average molecular weight is 310 g/mol. The van der Waals surface area contributed by atoms with Crippen LogP contribution in [0.2, 0.25) is 0 Å². The molecule has 2 aromatic heterocycles. The Hall–Kier alpha value is -2.42. The minimum absolute atomic E-state index is 0.138. The average Bonchev–Trinajstić information content (AvgIpc) is 2.92. The third kappa shape index (κ3) is 3.37. The molecule has 0 radical (unpaired) electrons. The Balaban J connectivity index is 2.30. The quantitative estimate of drug-likeness (QED) is 0.799. The van der Waals surface area contributed by atoms with Gasteiger partial charge < -0.3 is 4.74 Å². The van der Waals surface area contributed by atoms with Crippen molar-refractivity contribution < 1.29 is 17.9 Å². The summed E-state index contributed by atoms with van der Waals surface area (Å²) in [5.41, 5.74) is 0.890. The van der Waals surface area contributed by atoms with Crippen molar-refractivity contribution in [1.82, 2.24) is 15.2 Å². The van der Waals surface area contributed by atoms with Crippen molar-refractivity contribution in [1.29, 1.82) is 0 Å². The number of aryl methyl sites for hydroxylation is 1. The summed E-state index contributed by atoms with van der Waals surface area (Å²) >= 11 is 0. The fraction of sp³-hybridized carbons (Fsp3) is 0.250. The summed E-state index contributed by atoms with van der Waals surface area (Å²) in [7, 11) is -3.99. The van der Waals surface area contributed by atoms with E-state index in [-0.39, 0.29) is 22.9 Å². The molecule has 0 saturated carbocycles. The minimum Gasteiger partial charge on any atom is -0.462 e. The third-order valence-electron chi connectivity index (χ3n) is 2.53. The number of anilines is 1. The molecule has 0 amide bonds. The number of ether oxygens (including phenoxy) is 1. The van der Waals surface area contributed by atoms with Gasteiger partial charge in [0.05, 0.1) is 24.7 Å². The van der Waals surface area contributed by atoms with Gasteiger partial charge in [-0.1, -0.05) is 0 Å². The van der Waals surface area contributed by atoms with E-state index in [2.05, 4.69) is 19.9 Å². The molecule has 2 rings (SSSR count). The maximum Gasteiger partial charge on any atom is 0.342 e. The summed E-state index contributed by atoms with van der Waals surface area (Å²) in [6.07, 6.45) is 2.49. The number of nitrogens with zero attached hydrogens (tertiary/aromatic N) is 2. The lowest BCUT2D eigenvalue weighted by atomic mass is 10.4. The molecule has 21 heavy (non-hydrogen) atoms. The van der Waals surface area contributed by atoms with Crippen LogP contribution in [0, 0.1) is 6.92 Å². The van der Waals surface area contributed by atoms with Crippen molar-refractivity contribution in [3.63, 3.8) is 0 Å². The van der Waals surface area contributed by atoms with Gasteiger partial charge >= 0.3 is 5.97 Å². The van der Waals surface area contributed by atoms with E-state index in [0.717, 1.165) is 11.9 Å². The Morgan fingerprint density at radius 1 is 1.38 bits per heavy atom. The van der Waals surface area contributed by atoms with E-state index in [9.17, 15) is 13.2 Å². The normalized spacial score (nSPS) is 11.1. The van der Waals surface area contributed by atoms with E-state index in [0.29, 0.717) is 0 Å². The van der Waals surface area contributed by atoms with Gasteiger partial charge in [-0.05, 0) is 26.0 Å². The number of sulfonamides is 1. The van der Waals surface area contributed by atoms with Gasteiger partial charge in [-0.3, -0.25) is 14.8 Å². The smallest absolute Gasteiger partial charge is 0.342 e. The first-order chi connectivity index (χ1) is 9.94. The van der Waals surface area contributed by atoms with Gasteiger partial charge in [0.1, 0.15) is 5.56 Å². The highest BCUT2D eigenvalue weighted by molar-refractivity contribution is 7.92. The maximum atomic E-state index is 12.3. The van der Waals surface area contributed by atoms with E-state index in [1.54, 1.807) is 26.0 Å². The zero-order valence-corrected chi connectivity index (χ0v) is 12.3. The molecule has 0 aliphatic carbocycles. The van der Waals surface area contributed by atoms with Crippen LogP contribution in [0.15, 0.2) is 29.6 Å².